The first-order valence-electron chi connectivity index (χ1n) is 6.73. The maximum Gasteiger partial charge on any atom is 0.0921 e. The summed E-state index contributed by atoms with van der Waals surface area (Å²) in [4.78, 5) is 7.23. The molecule has 6 heteroatoms. The largest absolute Gasteiger partial charge is 0.348 e. The molecule has 1 aliphatic rings. The number of aromatic amines is 1. The van der Waals surface area contributed by atoms with E-state index in [1.807, 2.05) is 18.3 Å². The van der Waals surface area contributed by atoms with Gasteiger partial charge in [-0.15, -0.1) is 24.8 Å². The summed E-state index contributed by atoms with van der Waals surface area (Å²) in [5, 5.41) is 4.32. The standard InChI is InChI=1S/C15H18ClN3.2ClH/c16-14-3-1-11(2-4-14)7-17-8-13-5-12(13)6-15-9-18-10-19-15;;/h1-4,9-10,12-13,17H,5-8H2,(H,18,19);2*1H/t12-,13-;;/m1../s1. The lowest BCUT2D eigenvalue weighted by atomic mass is 10.2. The van der Waals surface area contributed by atoms with E-state index in [9.17, 15) is 0 Å². The van der Waals surface area contributed by atoms with Crippen molar-refractivity contribution in [2.45, 2.75) is 19.4 Å². The van der Waals surface area contributed by atoms with Crippen molar-refractivity contribution >= 4 is 36.4 Å². The number of nitrogens with one attached hydrogen (secondary N) is 2. The predicted molar refractivity (Wildman–Crippen MR) is 91.5 cm³/mol. The molecule has 1 heterocycles. The number of hydrogen-bond donors (Lipinski definition) is 2. The molecular formula is C15H20Cl3N3. The van der Waals surface area contributed by atoms with Crippen LogP contribution in [0.15, 0.2) is 36.8 Å². The average Bonchev–Trinajstić information content (AvgIpc) is 2.93. The molecule has 0 aliphatic heterocycles. The third kappa shape index (κ3) is 5.51. The van der Waals surface area contributed by atoms with Gasteiger partial charge in [0, 0.05) is 23.5 Å². The third-order valence-electron chi connectivity index (χ3n) is 3.75. The molecule has 1 saturated carbocycles. The highest BCUT2D eigenvalue weighted by molar-refractivity contribution is 6.30. The minimum absolute atomic E-state index is 0. The van der Waals surface area contributed by atoms with Crippen molar-refractivity contribution in [3.05, 3.63) is 53.1 Å². The van der Waals surface area contributed by atoms with Gasteiger partial charge < -0.3 is 10.3 Å². The lowest BCUT2D eigenvalue weighted by molar-refractivity contribution is 0.594. The zero-order chi connectivity index (χ0) is 13.1. The third-order valence-corrected chi connectivity index (χ3v) is 4.01. The van der Waals surface area contributed by atoms with Crippen LogP contribution in [0.3, 0.4) is 0 Å². The van der Waals surface area contributed by atoms with E-state index in [-0.39, 0.29) is 24.8 Å². The number of H-pyrrole nitrogens is 1. The summed E-state index contributed by atoms with van der Waals surface area (Å²) in [5.74, 6) is 1.63. The van der Waals surface area contributed by atoms with Crippen molar-refractivity contribution in [3.8, 4) is 0 Å². The van der Waals surface area contributed by atoms with Crippen LogP contribution in [0.5, 0.6) is 0 Å². The Balaban J connectivity index is 0.00000110. The zero-order valence-electron chi connectivity index (χ0n) is 11.6. The van der Waals surface area contributed by atoms with Gasteiger partial charge in [0.1, 0.15) is 0 Å². The first-order valence-corrected chi connectivity index (χ1v) is 7.11. The van der Waals surface area contributed by atoms with Crippen molar-refractivity contribution in [1.82, 2.24) is 15.3 Å². The molecule has 1 aromatic heterocycles. The van der Waals surface area contributed by atoms with Gasteiger partial charge in [-0.2, -0.15) is 0 Å². The number of aromatic nitrogens is 2. The van der Waals surface area contributed by atoms with E-state index in [0.29, 0.717) is 0 Å². The second kappa shape index (κ2) is 8.64. The molecule has 0 unspecified atom stereocenters. The monoisotopic (exact) mass is 347 g/mol. The van der Waals surface area contributed by atoms with Gasteiger partial charge in [0.05, 0.1) is 6.33 Å². The summed E-state index contributed by atoms with van der Waals surface area (Å²) >= 11 is 5.86. The fourth-order valence-corrected chi connectivity index (χ4v) is 2.62. The second-order valence-corrected chi connectivity index (χ2v) is 5.73. The molecule has 1 aromatic carbocycles. The molecular weight excluding hydrogens is 329 g/mol. The minimum Gasteiger partial charge on any atom is -0.348 e. The molecule has 0 amide bonds. The Morgan fingerprint density at radius 2 is 1.95 bits per heavy atom. The van der Waals surface area contributed by atoms with Crippen LogP contribution in [-0.4, -0.2) is 16.5 Å². The van der Waals surface area contributed by atoms with Gasteiger partial charge in [-0.05, 0) is 48.9 Å². The van der Waals surface area contributed by atoms with Crippen molar-refractivity contribution in [1.29, 1.82) is 0 Å². The summed E-state index contributed by atoms with van der Waals surface area (Å²) in [5.41, 5.74) is 2.54. The first kappa shape index (κ1) is 18.3. The van der Waals surface area contributed by atoms with E-state index in [1.165, 1.54) is 17.7 Å². The van der Waals surface area contributed by atoms with E-state index in [4.69, 9.17) is 11.6 Å². The molecule has 116 valence electrons. The summed E-state index contributed by atoms with van der Waals surface area (Å²) < 4.78 is 0. The van der Waals surface area contributed by atoms with Crippen molar-refractivity contribution in [2.24, 2.45) is 11.8 Å². The summed E-state index contributed by atoms with van der Waals surface area (Å²) in [6.07, 6.45) is 6.14. The highest BCUT2D eigenvalue weighted by atomic mass is 35.5. The lowest BCUT2D eigenvalue weighted by Gasteiger charge is -2.04. The van der Waals surface area contributed by atoms with Crippen LogP contribution in [0.25, 0.3) is 0 Å². The van der Waals surface area contributed by atoms with E-state index >= 15 is 0 Å². The fraction of sp³-hybridized carbons (Fsp3) is 0.400. The van der Waals surface area contributed by atoms with Gasteiger partial charge in [0.15, 0.2) is 0 Å². The zero-order valence-corrected chi connectivity index (χ0v) is 14.0. The topological polar surface area (TPSA) is 40.7 Å². The SMILES string of the molecule is Cl.Cl.Clc1ccc(CNC[C@H]2C[C@@H]2Cc2cnc[nH]2)cc1. The van der Waals surface area contributed by atoms with Crippen molar-refractivity contribution in [3.63, 3.8) is 0 Å². The van der Waals surface area contributed by atoms with Crippen LogP contribution in [0, 0.1) is 11.8 Å². The van der Waals surface area contributed by atoms with Crippen LogP contribution < -0.4 is 5.32 Å². The number of nitrogens with zero attached hydrogens (tertiary/aromatic N) is 1. The summed E-state index contributed by atoms with van der Waals surface area (Å²) in [6, 6.07) is 8.03. The van der Waals surface area contributed by atoms with Crippen LogP contribution in [0.1, 0.15) is 17.7 Å². The quantitative estimate of drug-likeness (QED) is 0.832. The number of imidazole rings is 1. The Labute approximate surface area is 142 Å². The maximum atomic E-state index is 5.86. The Morgan fingerprint density at radius 1 is 1.19 bits per heavy atom. The molecule has 2 aromatic rings. The molecule has 0 spiro atoms. The first-order chi connectivity index (χ1) is 9.31. The number of rotatable bonds is 6. The molecule has 3 nitrogen and oxygen atoms in total. The Morgan fingerprint density at radius 3 is 2.62 bits per heavy atom. The molecule has 1 aliphatic carbocycles. The van der Waals surface area contributed by atoms with E-state index in [2.05, 4.69) is 27.4 Å². The highest BCUT2D eigenvalue weighted by Gasteiger charge is 2.36. The number of benzene rings is 1. The van der Waals surface area contributed by atoms with Gasteiger partial charge >= 0.3 is 0 Å². The molecule has 2 N–H and O–H groups in total. The molecule has 2 atom stereocenters. The molecule has 0 radical (unpaired) electrons. The molecule has 21 heavy (non-hydrogen) atoms. The Bertz CT molecular complexity index is 513. The minimum atomic E-state index is 0. The van der Waals surface area contributed by atoms with Crippen molar-refractivity contribution < 1.29 is 0 Å². The average molecular weight is 349 g/mol. The van der Waals surface area contributed by atoms with E-state index < -0.39 is 0 Å². The van der Waals surface area contributed by atoms with Gasteiger partial charge in [0.2, 0.25) is 0 Å². The number of halogens is 3. The smallest absolute Gasteiger partial charge is 0.0921 e. The van der Waals surface area contributed by atoms with Crippen LogP contribution in [-0.2, 0) is 13.0 Å². The van der Waals surface area contributed by atoms with Gasteiger partial charge in [-0.25, -0.2) is 4.98 Å². The van der Waals surface area contributed by atoms with Crippen molar-refractivity contribution in [2.75, 3.05) is 6.54 Å². The molecule has 0 bridgehead atoms. The Kier molecular flexibility index (Phi) is 7.53. The normalized spacial score (nSPS) is 19.5. The summed E-state index contributed by atoms with van der Waals surface area (Å²) in [7, 11) is 0. The van der Waals surface area contributed by atoms with Gasteiger partial charge in [0.25, 0.3) is 0 Å². The lowest BCUT2D eigenvalue weighted by Crippen LogP contribution is -2.17. The fourth-order valence-electron chi connectivity index (χ4n) is 2.49. The van der Waals surface area contributed by atoms with Gasteiger partial charge in [-0.1, -0.05) is 23.7 Å². The maximum absolute atomic E-state index is 5.86. The second-order valence-electron chi connectivity index (χ2n) is 5.29. The van der Waals surface area contributed by atoms with Crippen LogP contribution >= 0.6 is 36.4 Å². The van der Waals surface area contributed by atoms with Crippen LogP contribution in [0.4, 0.5) is 0 Å². The Hall–Kier alpha value is -0.740. The van der Waals surface area contributed by atoms with E-state index in [0.717, 1.165) is 36.4 Å². The molecule has 1 fully saturated rings. The van der Waals surface area contributed by atoms with E-state index in [1.54, 1.807) is 6.33 Å². The predicted octanol–water partition coefficient (Wildman–Crippen LogP) is 3.88. The number of hydrogen-bond acceptors (Lipinski definition) is 2. The molecule has 3 rings (SSSR count). The highest BCUT2D eigenvalue weighted by Crippen LogP contribution is 2.40. The summed E-state index contributed by atoms with van der Waals surface area (Å²) in [6.45, 7) is 2.02. The van der Waals surface area contributed by atoms with Crippen LogP contribution in [0.2, 0.25) is 5.02 Å². The van der Waals surface area contributed by atoms with Gasteiger partial charge in [-0.3, -0.25) is 0 Å². The molecule has 0 saturated heterocycles.